The molecule has 3 aliphatic carbocycles. The zero-order chi connectivity index (χ0) is 16.8. The van der Waals surface area contributed by atoms with E-state index in [4.69, 9.17) is 4.74 Å². The molecule has 3 heteroatoms. The van der Waals surface area contributed by atoms with Gasteiger partial charge >= 0.3 is 5.97 Å². The maximum atomic E-state index is 11.7. The molecule has 0 heterocycles. The Morgan fingerprint density at radius 2 is 2.13 bits per heavy atom. The molecule has 3 aliphatic rings. The molecule has 0 amide bonds. The quantitative estimate of drug-likeness (QED) is 0.721. The second-order valence-corrected chi connectivity index (χ2v) is 7.94. The first kappa shape index (κ1) is 16.5. The maximum absolute atomic E-state index is 11.7. The van der Waals surface area contributed by atoms with Crippen molar-refractivity contribution in [2.45, 2.75) is 59.5 Å². The summed E-state index contributed by atoms with van der Waals surface area (Å²) in [5.74, 6) is 2.23. The Morgan fingerprint density at radius 3 is 2.83 bits per heavy atom. The fourth-order valence-electron chi connectivity index (χ4n) is 5.13. The van der Waals surface area contributed by atoms with Gasteiger partial charge in [-0.25, -0.2) is 0 Å². The van der Waals surface area contributed by atoms with Gasteiger partial charge in [0.1, 0.15) is 6.10 Å². The standard InChI is InChI=1S/C20H28O3/c1-12-17-7-5-15-11-16(22)6-8-18(15)19(17)9-10-20(12,4)13(2)23-14(3)21/h5,7,11-13,17-19H,6,8-10H2,1-4H3/t12?,13-,17-,18-,19-,20-/m0/s1. The Balaban J connectivity index is 1.85. The van der Waals surface area contributed by atoms with Crippen molar-refractivity contribution in [2.24, 2.45) is 29.1 Å². The van der Waals surface area contributed by atoms with Gasteiger partial charge in [0.05, 0.1) is 0 Å². The van der Waals surface area contributed by atoms with Gasteiger partial charge in [-0.15, -0.1) is 0 Å². The minimum atomic E-state index is -0.191. The maximum Gasteiger partial charge on any atom is 0.302 e. The Morgan fingerprint density at radius 1 is 1.39 bits per heavy atom. The summed E-state index contributed by atoms with van der Waals surface area (Å²) < 4.78 is 5.54. The van der Waals surface area contributed by atoms with Crippen LogP contribution >= 0.6 is 0 Å². The molecular formula is C20H28O3. The third-order valence-corrected chi connectivity index (χ3v) is 6.88. The highest BCUT2D eigenvalue weighted by Crippen LogP contribution is 2.55. The van der Waals surface area contributed by atoms with E-state index < -0.39 is 0 Å². The highest BCUT2D eigenvalue weighted by atomic mass is 16.5. The highest BCUT2D eigenvalue weighted by molar-refractivity contribution is 5.91. The Kier molecular flexibility index (Phi) is 4.24. The van der Waals surface area contributed by atoms with Crippen LogP contribution in [0.4, 0.5) is 0 Å². The Bertz CT molecular complexity index is 573. The van der Waals surface area contributed by atoms with Gasteiger partial charge in [0.15, 0.2) is 5.78 Å². The van der Waals surface area contributed by atoms with E-state index in [0.717, 1.165) is 19.3 Å². The van der Waals surface area contributed by atoms with E-state index in [0.29, 0.717) is 30.1 Å². The number of carbonyl (C=O) groups excluding carboxylic acids is 2. The van der Waals surface area contributed by atoms with Crippen molar-refractivity contribution in [3.63, 3.8) is 0 Å². The smallest absolute Gasteiger partial charge is 0.302 e. The number of hydrogen-bond donors (Lipinski definition) is 0. The van der Waals surface area contributed by atoms with Crippen molar-refractivity contribution in [1.82, 2.24) is 0 Å². The third-order valence-electron chi connectivity index (χ3n) is 6.88. The average Bonchev–Trinajstić information content (AvgIpc) is 2.49. The van der Waals surface area contributed by atoms with Crippen LogP contribution in [0.1, 0.15) is 53.4 Å². The molecule has 0 spiro atoms. The summed E-state index contributed by atoms with van der Waals surface area (Å²) >= 11 is 0. The van der Waals surface area contributed by atoms with Gasteiger partial charge < -0.3 is 4.74 Å². The zero-order valence-corrected chi connectivity index (χ0v) is 14.7. The predicted molar refractivity (Wildman–Crippen MR) is 89.7 cm³/mol. The lowest BCUT2D eigenvalue weighted by Crippen LogP contribution is -2.49. The molecule has 3 rings (SSSR count). The number of esters is 1. The number of ether oxygens (including phenoxy) is 1. The van der Waals surface area contributed by atoms with E-state index in [9.17, 15) is 9.59 Å². The van der Waals surface area contributed by atoms with Gasteiger partial charge in [0.2, 0.25) is 0 Å². The summed E-state index contributed by atoms with van der Waals surface area (Å²) in [7, 11) is 0. The molecule has 0 saturated heterocycles. The van der Waals surface area contributed by atoms with E-state index in [1.165, 1.54) is 12.5 Å². The number of allylic oxidation sites excluding steroid dienone is 4. The molecule has 0 N–H and O–H groups in total. The number of ketones is 1. The molecular weight excluding hydrogens is 288 g/mol. The van der Waals surface area contributed by atoms with Crippen molar-refractivity contribution >= 4 is 11.8 Å². The molecule has 0 bridgehead atoms. The van der Waals surface area contributed by atoms with Crippen molar-refractivity contribution in [3.05, 3.63) is 23.8 Å². The van der Waals surface area contributed by atoms with Gasteiger partial charge in [-0.2, -0.15) is 0 Å². The molecule has 0 aromatic heterocycles. The fraction of sp³-hybridized carbons (Fsp3) is 0.700. The van der Waals surface area contributed by atoms with Crippen LogP contribution in [0.2, 0.25) is 0 Å². The number of rotatable bonds is 2. The minimum absolute atomic E-state index is 0.0167. The normalized spacial score (nSPS) is 40.7. The van der Waals surface area contributed by atoms with E-state index in [2.05, 4.69) is 26.0 Å². The van der Waals surface area contributed by atoms with Crippen LogP contribution in [-0.4, -0.2) is 17.9 Å². The lowest BCUT2D eigenvalue weighted by Gasteiger charge is -2.53. The summed E-state index contributed by atoms with van der Waals surface area (Å²) in [4.78, 5) is 23.1. The second kappa shape index (κ2) is 5.92. The Labute approximate surface area is 139 Å². The zero-order valence-electron chi connectivity index (χ0n) is 14.7. The van der Waals surface area contributed by atoms with Gasteiger partial charge in [0.25, 0.3) is 0 Å². The summed E-state index contributed by atoms with van der Waals surface area (Å²) in [6, 6.07) is 0. The molecule has 126 valence electrons. The largest absolute Gasteiger partial charge is 0.462 e. The Hall–Kier alpha value is -1.38. The van der Waals surface area contributed by atoms with Crippen LogP contribution in [0.5, 0.6) is 0 Å². The highest BCUT2D eigenvalue weighted by Gasteiger charge is 2.50. The summed E-state index contributed by atoms with van der Waals surface area (Å²) in [5.41, 5.74) is 1.26. The molecule has 1 unspecified atom stereocenters. The molecule has 1 fully saturated rings. The van der Waals surface area contributed by atoms with Crippen molar-refractivity contribution in [2.75, 3.05) is 0 Å². The monoisotopic (exact) mass is 316 g/mol. The average molecular weight is 316 g/mol. The van der Waals surface area contributed by atoms with Crippen LogP contribution in [0.25, 0.3) is 0 Å². The first-order valence-electron chi connectivity index (χ1n) is 8.93. The molecule has 0 aromatic rings. The summed E-state index contributed by atoms with van der Waals surface area (Å²) in [6.07, 6.45) is 10.2. The van der Waals surface area contributed by atoms with E-state index in [1.807, 2.05) is 13.0 Å². The fourth-order valence-corrected chi connectivity index (χ4v) is 5.13. The summed E-state index contributed by atoms with van der Waals surface area (Å²) in [5, 5.41) is 0. The van der Waals surface area contributed by atoms with Gasteiger partial charge in [-0.05, 0) is 61.5 Å². The first-order valence-corrected chi connectivity index (χ1v) is 8.93. The van der Waals surface area contributed by atoms with E-state index in [1.54, 1.807) is 0 Å². The molecule has 0 aromatic carbocycles. The molecule has 1 saturated carbocycles. The lowest BCUT2D eigenvalue weighted by molar-refractivity contribution is -0.158. The number of fused-ring (bicyclic) bond motifs is 3. The number of hydrogen-bond acceptors (Lipinski definition) is 3. The van der Waals surface area contributed by atoms with Crippen LogP contribution in [0, 0.1) is 29.1 Å². The van der Waals surface area contributed by atoms with E-state index in [-0.39, 0.29) is 23.3 Å². The van der Waals surface area contributed by atoms with Crippen LogP contribution in [0.3, 0.4) is 0 Å². The van der Waals surface area contributed by atoms with Gasteiger partial charge in [-0.1, -0.05) is 26.0 Å². The SMILES string of the molecule is CC(=O)O[C@@H](C)[C@@]1(C)CC[C@@H]2[C@H]3CCC(=O)C=C3C=C[C@H]2C1C. The van der Waals surface area contributed by atoms with Crippen molar-refractivity contribution in [3.8, 4) is 0 Å². The first-order chi connectivity index (χ1) is 10.8. The van der Waals surface area contributed by atoms with Crippen molar-refractivity contribution < 1.29 is 14.3 Å². The third kappa shape index (κ3) is 2.79. The van der Waals surface area contributed by atoms with E-state index >= 15 is 0 Å². The molecule has 3 nitrogen and oxygen atoms in total. The number of carbonyl (C=O) groups is 2. The second-order valence-electron chi connectivity index (χ2n) is 7.94. The summed E-state index contributed by atoms with van der Waals surface area (Å²) in [6.45, 7) is 8.11. The van der Waals surface area contributed by atoms with Crippen LogP contribution < -0.4 is 0 Å². The van der Waals surface area contributed by atoms with Crippen molar-refractivity contribution in [1.29, 1.82) is 0 Å². The predicted octanol–water partition coefficient (Wildman–Crippen LogP) is 4.08. The lowest BCUT2D eigenvalue weighted by atomic mass is 9.52. The minimum Gasteiger partial charge on any atom is -0.462 e. The van der Waals surface area contributed by atoms with Gasteiger partial charge in [0, 0.05) is 18.8 Å². The van der Waals surface area contributed by atoms with Crippen LogP contribution in [-0.2, 0) is 14.3 Å². The molecule has 23 heavy (non-hydrogen) atoms. The molecule has 0 radical (unpaired) electrons. The topological polar surface area (TPSA) is 43.4 Å². The van der Waals surface area contributed by atoms with Gasteiger partial charge in [-0.3, -0.25) is 9.59 Å². The molecule has 6 atom stereocenters. The van der Waals surface area contributed by atoms with Crippen LogP contribution in [0.15, 0.2) is 23.8 Å². The molecule has 0 aliphatic heterocycles.